The van der Waals surface area contributed by atoms with Crippen molar-refractivity contribution in [3.05, 3.63) is 35.4 Å². The summed E-state index contributed by atoms with van der Waals surface area (Å²) >= 11 is 0. The molecule has 0 spiro atoms. The topological polar surface area (TPSA) is 55.8 Å². The quantitative estimate of drug-likeness (QED) is 0.626. The van der Waals surface area contributed by atoms with Crippen LogP contribution in [0.3, 0.4) is 0 Å². The van der Waals surface area contributed by atoms with Gasteiger partial charge in [0.05, 0.1) is 20.3 Å². The Kier molecular flexibility index (Phi) is 3.94. The molecule has 0 aliphatic carbocycles. The van der Waals surface area contributed by atoms with E-state index in [1.165, 1.54) is 7.11 Å². The number of carboxylic acid groups (broad SMARTS) is 1. The van der Waals surface area contributed by atoms with Gasteiger partial charge in [-0.15, -0.1) is 0 Å². The molecule has 16 heavy (non-hydrogen) atoms. The summed E-state index contributed by atoms with van der Waals surface area (Å²) in [7, 11) is 3.03. The van der Waals surface area contributed by atoms with E-state index < -0.39 is 5.97 Å². The second-order valence-corrected chi connectivity index (χ2v) is 3.23. The first-order chi connectivity index (χ1) is 7.58. The molecule has 0 atom stereocenters. The molecule has 0 aliphatic rings. The molecule has 0 aliphatic heterocycles. The average Bonchev–Trinajstić information content (AvgIpc) is 2.25. The summed E-state index contributed by atoms with van der Waals surface area (Å²) in [6, 6.07) is 5.35. The first-order valence-electron chi connectivity index (χ1n) is 4.72. The molecule has 0 unspecified atom stereocenters. The van der Waals surface area contributed by atoms with E-state index in [0.717, 1.165) is 23.0 Å². The van der Waals surface area contributed by atoms with E-state index in [2.05, 4.69) is 0 Å². The fourth-order valence-electron chi connectivity index (χ4n) is 1.40. The van der Waals surface area contributed by atoms with Crippen molar-refractivity contribution < 1.29 is 19.4 Å². The van der Waals surface area contributed by atoms with Crippen LogP contribution in [-0.2, 0) is 9.53 Å². The minimum absolute atomic E-state index is 0.327. The van der Waals surface area contributed by atoms with Gasteiger partial charge in [0.15, 0.2) is 0 Å². The highest BCUT2D eigenvalue weighted by atomic mass is 16.5. The Labute approximate surface area is 94.1 Å². The van der Waals surface area contributed by atoms with Gasteiger partial charge in [0.2, 0.25) is 0 Å². The van der Waals surface area contributed by atoms with Crippen molar-refractivity contribution in [2.24, 2.45) is 0 Å². The number of carbonyl (C=O) groups is 1. The third-order valence-electron chi connectivity index (χ3n) is 2.17. The number of hydrogen-bond donors (Lipinski definition) is 1. The van der Waals surface area contributed by atoms with Gasteiger partial charge in [-0.25, -0.2) is 4.79 Å². The SMILES string of the molecule is COC(=CC(=O)O)c1ccc(OC)cc1C. The minimum Gasteiger partial charge on any atom is -0.497 e. The summed E-state index contributed by atoms with van der Waals surface area (Å²) < 4.78 is 10.1. The van der Waals surface area contributed by atoms with Gasteiger partial charge in [-0.05, 0) is 30.7 Å². The fraction of sp³-hybridized carbons (Fsp3) is 0.250. The molecular formula is C12H14O4. The number of aliphatic carboxylic acids is 1. The molecule has 1 aromatic rings. The zero-order valence-electron chi connectivity index (χ0n) is 9.48. The summed E-state index contributed by atoms with van der Waals surface area (Å²) in [5.41, 5.74) is 1.64. The van der Waals surface area contributed by atoms with E-state index >= 15 is 0 Å². The summed E-state index contributed by atoms with van der Waals surface area (Å²) in [6.07, 6.45) is 1.04. The van der Waals surface area contributed by atoms with Crippen molar-refractivity contribution in [1.29, 1.82) is 0 Å². The smallest absolute Gasteiger partial charge is 0.332 e. The summed E-state index contributed by atoms with van der Waals surface area (Å²) in [6.45, 7) is 1.87. The lowest BCUT2D eigenvalue weighted by Crippen LogP contribution is -1.97. The molecule has 1 N–H and O–H groups in total. The standard InChI is InChI=1S/C12H14O4/c1-8-6-9(15-2)4-5-10(8)11(16-3)7-12(13)14/h4-7H,1-3H3,(H,13,14). The molecule has 4 heteroatoms. The van der Waals surface area contributed by atoms with Crippen molar-refractivity contribution in [2.75, 3.05) is 14.2 Å². The van der Waals surface area contributed by atoms with E-state index in [1.54, 1.807) is 19.2 Å². The monoisotopic (exact) mass is 222 g/mol. The van der Waals surface area contributed by atoms with Crippen LogP contribution >= 0.6 is 0 Å². The van der Waals surface area contributed by atoms with Crippen LogP contribution in [0.1, 0.15) is 11.1 Å². The van der Waals surface area contributed by atoms with Gasteiger partial charge < -0.3 is 14.6 Å². The lowest BCUT2D eigenvalue weighted by Gasteiger charge is -2.10. The number of rotatable bonds is 4. The summed E-state index contributed by atoms with van der Waals surface area (Å²) in [5, 5.41) is 8.69. The molecule has 0 bridgehead atoms. The van der Waals surface area contributed by atoms with Crippen molar-refractivity contribution in [2.45, 2.75) is 6.92 Å². The van der Waals surface area contributed by atoms with Gasteiger partial charge in [0.25, 0.3) is 0 Å². The van der Waals surface area contributed by atoms with Crippen LogP contribution in [0.5, 0.6) is 5.75 Å². The maximum Gasteiger partial charge on any atom is 0.332 e. The molecule has 1 rings (SSSR count). The van der Waals surface area contributed by atoms with E-state index in [-0.39, 0.29) is 0 Å². The Morgan fingerprint density at radius 1 is 1.38 bits per heavy atom. The predicted octanol–water partition coefficient (Wildman–Crippen LogP) is 2.08. The Balaban J connectivity index is 3.16. The minimum atomic E-state index is -1.04. The molecule has 1 aromatic carbocycles. The van der Waals surface area contributed by atoms with Crippen LogP contribution in [0.25, 0.3) is 5.76 Å². The van der Waals surface area contributed by atoms with Crippen LogP contribution in [0, 0.1) is 6.92 Å². The first-order valence-corrected chi connectivity index (χ1v) is 4.72. The average molecular weight is 222 g/mol. The molecule has 0 radical (unpaired) electrons. The molecule has 0 amide bonds. The number of ether oxygens (including phenoxy) is 2. The predicted molar refractivity (Wildman–Crippen MR) is 60.4 cm³/mol. The number of hydrogen-bond acceptors (Lipinski definition) is 3. The number of aryl methyl sites for hydroxylation is 1. The third-order valence-corrected chi connectivity index (χ3v) is 2.17. The first kappa shape index (κ1) is 12.1. The largest absolute Gasteiger partial charge is 0.497 e. The molecule has 0 fully saturated rings. The molecule has 0 saturated heterocycles. The van der Waals surface area contributed by atoms with Crippen LogP contribution in [-0.4, -0.2) is 25.3 Å². The van der Waals surface area contributed by atoms with E-state index in [4.69, 9.17) is 14.6 Å². The van der Waals surface area contributed by atoms with E-state index in [1.807, 2.05) is 13.0 Å². The van der Waals surface area contributed by atoms with Gasteiger partial charge in [0.1, 0.15) is 11.5 Å². The van der Waals surface area contributed by atoms with Crippen LogP contribution in [0.4, 0.5) is 0 Å². The van der Waals surface area contributed by atoms with Crippen LogP contribution in [0.2, 0.25) is 0 Å². The summed E-state index contributed by atoms with van der Waals surface area (Å²) in [4.78, 5) is 10.6. The normalized spacial score (nSPS) is 11.1. The van der Waals surface area contributed by atoms with E-state index in [0.29, 0.717) is 5.76 Å². The zero-order chi connectivity index (χ0) is 12.1. The number of benzene rings is 1. The molecule has 0 saturated carbocycles. The van der Waals surface area contributed by atoms with Crippen LogP contribution < -0.4 is 4.74 Å². The Morgan fingerprint density at radius 2 is 2.06 bits per heavy atom. The van der Waals surface area contributed by atoms with Crippen molar-refractivity contribution >= 4 is 11.7 Å². The molecular weight excluding hydrogens is 208 g/mol. The summed E-state index contributed by atoms with van der Waals surface area (Å²) in [5.74, 6) is 0.0201. The maximum atomic E-state index is 10.6. The Bertz CT molecular complexity index is 421. The van der Waals surface area contributed by atoms with E-state index in [9.17, 15) is 4.79 Å². The number of carboxylic acids is 1. The van der Waals surface area contributed by atoms with Crippen molar-refractivity contribution in [3.63, 3.8) is 0 Å². The number of methoxy groups -OCH3 is 2. The highest BCUT2D eigenvalue weighted by molar-refractivity contribution is 5.88. The molecule has 0 aromatic heterocycles. The van der Waals surface area contributed by atoms with Gasteiger partial charge in [-0.3, -0.25) is 0 Å². The Morgan fingerprint density at radius 3 is 2.50 bits per heavy atom. The van der Waals surface area contributed by atoms with Crippen molar-refractivity contribution in [1.82, 2.24) is 0 Å². The lowest BCUT2D eigenvalue weighted by molar-refractivity contribution is -0.131. The van der Waals surface area contributed by atoms with Crippen LogP contribution in [0.15, 0.2) is 24.3 Å². The Hall–Kier alpha value is -1.97. The molecule has 86 valence electrons. The van der Waals surface area contributed by atoms with Gasteiger partial charge in [0, 0.05) is 5.56 Å². The molecule has 0 heterocycles. The third kappa shape index (κ3) is 2.76. The second-order valence-electron chi connectivity index (χ2n) is 3.23. The van der Waals surface area contributed by atoms with Gasteiger partial charge in [-0.2, -0.15) is 0 Å². The maximum absolute atomic E-state index is 10.6. The highest BCUT2D eigenvalue weighted by Crippen LogP contribution is 2.23. The molecule has 4 nitrogen and oxygen atoms in total. The van der Waals surface area contributed by atoms with Gasteiger partial charge in [-0.1, -0.05) is 0 Å². The second kappa shape index (κ2) is 5.21. The van der Waals surface area contributed by atoms with Crippen molar-refractivity contribution in [3.8, 4) is 5.75 Å². The highest BCUT2D eigenvalue weighted by Gasteiger charge is 2.08. The lowest BCUT2D eigenvalue weighted by atomic mass is 10.1. The van der Waals surface area contributed by atoms with Gasteiger partial charge >= 0.3 is 5.97 Å². The fourth-order valence-corrected chi connectivity index (χ4v) is 1.40. The zero-order valence-corrected chi connectivity index (χ0v) is 9.48.